The molecule has 0 aromatic rings. The Hall–Kier alpha value is 1.17. The molecule has 0 unspecified atom stereocenters. The Kier molecular flexibility index (Phi) is 40.0. The van der Waals surface area contributed by atoms with E-state index in [4.69, 9.17) is 0 Å². The largest absolute Gasteiger partial charge is 1.00 e. The molecule has 6 heteroatoms. The number of aliphatic carboxylic acids is 2. The number of rotatable bonds is 21. The van der Waals surface area contributed by atoms with E-state index in [0.29, 0.717) is 5.41 Å². The van der Waals surface area contributed by atoms with Gasteiger partial charge in [-0.3, -0.25) is 0 Å². The van der Waals surface area contributed by atoms with Crippen molar-refractivity contribution < 1.29 is 90.0 Å². The van der Waals surface area contributed by atoms with E-state index < -0.39 is 11.9 Å². The average Bonchev–Trinajstić information content (AvgIpc) is 2.70. The second kappa shape index (κ2) is 32.2. The quantitative estimate of drug-likeness (QED) is 0.172. The molecular formula is C28H54KLiO4. The van der Waals surface area contributed by atoms with Gasteiger partial charge >= 0.3 is 70.2 Å². The summed E-state index contributed by atoms with van der Waals surface area (Å²) in [5.41, 5.74) is 0.376. The average molecular weight is 501 g/mol. The number of carbonyl (C=O) groups is 2. The number of carbonyl (C=O) groups excluding carboxylic acids is 2. The molecule has 0 rings (SSSR count). The molecule has 0 heterocycles. The van der Waals surface area contributed by atoms with Gasteiger partial charge in [0.05, 0.1) is 0 Å². The molecule has 0 aliphatic carbocycles. The van der Waals surface area contributed by atoms with E-state index in [0.717, 1.165) is 32.1 Å². The van der Waals surface area contributed by atoms with Crippen LogP contribution in [0.1, 0.15) is 163 Å². The maximum atomic E-state index is 10.2. The van der Waals surface area contributed by atoms with Crippen molar-refractivity contribution in [1.82, 2.24) is 0 Å². The first-order valence-electron chi connectivity index (χ1n) is 13.6. The van der Waals surface area contributed by atoms with Gasteiger partial charge in [0.15, 0.2) is 0 Å². The van der Waals surface area contributed by atoms with Gasteiger partial charge in [0.2, 0.25) is 0 Å². The van der Waals surface area contributed by atoms with Crippen molar-refractivity contribution in [2.75, 3.05) is 0 Å². The van der Waals surface area contributed by atoms with Crippen LogP contribution in [0.5, 0.6) is 0 Å². The van der Waals surface area contributed by atoms with Crippen LogP contribution in [0.3, 0.4) is 0 Å². The second-order valence-corrected chi connectivity index (χ2v) is 10.6. The van der Waals surface area contributed by atoms with Crippen molar-refractivity contribution in [3.05, 3.63) is 0 Å². The normalized spacial score (nSPS) is 10.5. The first-order valence-corrected chi connectivity index (χ1v) is 13.6. The van der Waals surface area contributed by atoms with Gasteiger partial charge in [0.1, 0.15) is 0 Å². The fraction of sp³-hybridized carbons (Fsp3) is 0.929. The van der Waals surface area contributed by atoms with Gasteiger partial charge < -0.3 is 19.8 Å². The third-order valence-electron chi connectivity index (χ3n) is 5.79. The molecule has 0 spiro atoms. The van der Waals surface area contributed by atoms with E-state index in [1.54, 1.807) is 0 Å². The van der Waals surface area contributed by atoms with E-state index in [1.165, 1.54) is 89.9 Å². The Bertz CT molecular complexity index is 425. The third-order valence-corrected chi connectivity index (χ3v) is 5.79. The van der Waals surface area contributed by atoms with Crippen LogP contribution < -0.4 is 80.5 Å². The van der Waals surface area contributed by atoms with Crippen LogP contribution in [0, 0.1) is 5.41 Å². The Labute approximate surface area is 267 Å². The standard InChI is InChI=1S/C18H36O2.C10H20O2.K.Li/c1-2-3-4-5-6-7-8-9-10-11-12-13-14-15-16-17-18(19)20;1-10(2,3)8-6-4-5-7-9(11)12;;/h2-17H2,1H3,(H,19,20);4-8H2,1-3H3,(H,11,12);;/q;;2*+1/p-2. The van der Waals surface area contributed by atoms with Crippen LogP contribution in [0.25, 0.3) is 0 Å². The van der Waals surface area contributed by atoms with Gasteiger partial charge in [-0.1, -0.05) is 130 Å². The molecule has 34 heavy (non-hydrogen) atoms. The molecule has 0 N–H and O–H groups in total. The molecule has 0 radical (unpaired) electrons. The number of unbranched alkanes of at least 4 members (excludes halogenated alkanes) is 16. The summed E-state index contributed by atoms with van der Waals surface area (Å²) in [4.78, 5) is 20.3. The molecule has 0 aromatic heterocycles. The van der Waals surface area contributed by atoms with Crippen molar-refractivity contribution in [1.29, 1.82) is 0 Å². The number of hydrogen-bond donors (Lipinski definition) is 0. The third kappa shape index (κ3) is 46.5. The zero-order valence-corrected chi connectivity index (χ0v) is 27.1. The number of carboxylic acid groups (broad SMARTS) is 2. The zero-order chi connectivity index (χ0) is 24.5. The van der Waals surface area contributed by atoms with E-state index in [1.807, 2.05) is 0 Å². The fourth-order valence-corrected chi connectivity index (χ4v) is 3.74. The topological polar surface area (TPSA) is 80.3 Å². The minimum atomic E-state index is -0.925. The van der Waals surface area contributed by atoms with Crippen molar-refractivity contribution in [2.24, 2.45) is 5.41 Å². The molecule has 0 aromatic carbocycles. The van der Waals surface area contributed by atoms with Crippen LogP contribution in [-0.2, 0) is 9.59 Å². The Morgan fingerprint density at radius 2 is 0.794 bits per heavy atom. The van der Waals surface area contributed by atoms with E-state index >= 15 is 0 Å². The molecule has 0 saturated carbocycles. The molecule has 0 bridgehead atoms. The molecule has 0 fully saturated rings. The summed E-state index contributed by atoms with van der Waals surface area (Å²) in [5, 5.41) is 20.3. The zero-order valence-electron chi connectivity index (χ0n) is 24.0. The number of hydrogen-bond acceptors (Lipinski definition) is 4. The van der Waals surface area contributed by atoms with Crippen molar-refractivity contribution in [3.8, 4) is 0 Å². The first-order chi connectivity index (χ1) is 15.2. The summed E-state index contributed by atoms with van der Waals surface area (Å²) in [7, 11) is 0. The summed E-state index contributed by atoms with van der Waals surface area (Å²) < 4.78 is 0. The molecule has 0 saturated heterocycles. The molecule has 0 atom stereocenters. The SMILES string of the molecule is CC(C)(C)CCCCCC(=O)[O-].CCCCCCCCCCCCCCCCCC(=O)[O-].[K+].[Li+]. The fourth-order valence-electron chi connectivity index (χ4n) is 3.74. The molecule has 4 nitrogen and oxygen atoms in total. The van der Waals surface area contributed by atoms with Crippen LogP contribution in [0.4, 0.5) is 0 Å². The van der Waals surface area contributed by atoms with Crippen molar-refractivity contribution >= 4 is 11.9 Å². The molecular weight excluding hydrogens is 446 g/mol. The van der Waals surface area contributed by atoms with Gasteiger partial charge in [-0.2, -0.15) is 0 Å². The Morgan fingerprint density at radius 3 is 1.06 bits per heavy atom. The minimum absolute atomic E-state index is 0. The van der Waals surface area contributed by atoms with Crippen LogP contribution in [-0.4, -0.2) is 11.9 Å². The Morgan fingerprint density at radius 1 is 0.529 bits per heavy atom. The molecule has 0 aliphatic rings. The van der Waals surface area contributed by atoms with Crippen LogP contribution in [0.15, 0.2) is 0 Å². The van der Waals surface area contributed by atoms with Gasteiger partial charge in [-0.25, -0.2) is 0 Å². The summed E-state index contributed by atoms with van der Waals surface area (Å²) in [5.74, 6) is -1.83. The van der Waals surface area contributed by atoms with E-state index in [9.17, 15) is 19.8 Å². The molecule has 192 valence electrons. The first kappa shape index (κ1) is 42.3. The predicted molar refractivity (Wildman–Crippen MR) is 132 cm³/mol. The summed E-state index contributed by atoms with van der Waals surface area (Å²) in [6, 6.07) is 0. The monoisotopic (exact) mass is 500 g/mol. The van der Waals surface area contributed by atoms with E-state index in [2.05, 4.69) is 27.7 Å². The maximum Gasteiger partial charge on any atom is 1.00 e. The van der Waals surface area contributed by atoms with Gasteiger partial charge in [-0.05, 0) is 37.5 Å². The molecule has 0 aliphatic heterocycles. The van der Waals surface area contributed by atoms with Crippen LogP contribution in [0.2, 0.25) is 0 Å². The summed E-state index contributed by atoms with van der Waals surface area (Å²) in [6.45, 7) is 8.87. The Balaban J connectivity index is -0.000000279. The summed E-state index contributed by atoms with van der Waals surface area (Å²) in [6.07, 6.45) is 24.1. The minimum Gasteiger partial charge on any atom is -0.550 e. The maximum absolute atomic E-state index is 10.2. The van der Waals surface area contributed by atoms with Gasteiger partial charge in [-0.15, -0.1) is 0 Å². The van der Waals surface area contributed by atoms with Gasteiger partial charge in [0, 0.05) is 11.9 Å². The van der Waals surface area contributed by atoms with Crippen molar-refractivity contribution in [3.63, 3.8) is 0 Å². The van der Waals surface area contributed by atoms with Crippen molar-refractivity contribution in [2.45, 2.75) is 163 Å². The molecule has 0 amide bonds. The number of carboxylic acids is 2. The van der Waals surface area contributed by atoms with Crippen LogP contribution >= 0.6 is 0 Å². The van der Waals surface area contributed by atoms with Gasteiger partial charge in [0.25, 0.3) is 0 Å². The predicted octanol–water partition coefficient (Wildman–Crippen LogP) is 0.739. The smallest absolute Gasteiger partial charge is 0.550 e. The van der Waals surface area contributed by atoms with E-state index in [-0.39, 0.29) is 83.1 Å². The second-order valence-electron chi connectivity index (χ2n) is 10.6. The summed E-state index contributed by atoms with van der Waals surface area (Å²) >= 11 is 0.